The highest BCUT2D eigenvalue weighted by atomic mass is 32.2. The lowest BCUT2D eigenvalue weighted by Gasteiger charge is -2.32. The van der Waals surface area contributed by atoms with E-state index in [1.807, 2.05) is 0 Å². The van der Waals surface area contributed by atoms with E-state index in [1.54, 1.807) is 4.90 Å². The van der Waals surface area contributed by atoms with Crippen LogP contribution in [0.4, 0.5) is 0 Å². The van der Waals surface area contributed by atoms with Gasteiger partial charge in [-0.15, -0.1) is 0 Å². The summed E-state index contributed by atoms with van der Waals surface area (Å²) < 4.78 is 22.1. The first-order valence-corrected chi connectivity index (χ1v) is 8.69. The van der Waals surface area contributed by atoms with Crippen LogP contribution in [-0.4, -0.2) is 56.9 Å². The molecule has 0 radical (unpaired) electrons. The third kappa shape index (κ3) is 4.57. The zero-order valence-electron chi connectivity index (χ0n) is 10.9. The van der Waals surface area contributed by atoms with E-state index in [9.17, 15) is 13.2 Å². The first-order valence-electron chi connectivity index (χ1n) is 6.63. The first kappa shape index (κ1) is 13.8. The summed E-state index contributed by atoms with van der Waals surface area (Å²) in [6.07, 6.45) is 5.66. The molecule has 2 aliphatic rings. The number of sulfone groups is 1. The lowest BCUT2D eigenvalue weighted by Crippen LogP contribution is -2.46. The van der Waals surface area contributed by atoms with Gasteiger partial charge in [0.15, 0.2) is 9.84 Å². The Morgan fingerprint density at radius 1 is 1.22 bits per heavy atom. The molecule has 1 aliphatic carbocycles. The maximum atomic E-state index is 11.7. The van der Waals surface area contributed by atoms with Gasteiger partial charge >= 0.3 is 0 Å². The molecule has 1 N–H and O–H groups in total. The molecule has 1 amide bonds. The zero-order chi connectivity index (χ0) is 13.2. The minimum absolute atomic E-state index is 0.252. The van der Waals surface area contributed by atoms with Crippen LogP contribution in [0, 0.1) is 5.92 Å². The van der Waals surface area contributed by atoms with Crippen molar-refractivity contribution in [2.45, 2.75) is 31.7 Å². The van der Waals surface area contributed by atoms with E-state index < -0.39 is 9.84 Å². The molecule has 1 saturated carbocycles. The summed E-state index contributed by atoms with van der Waals surface area (Å²) in [7, 11) is -3.21. The Balaban J connectivity index is 1.70. The molecule has 5 nitrogen and oxygen atoms in total. The molecule has 0 spiro atoms. The molecule has 18 heavy (non-hydrogen) atoms. The van der Waals surface area contributed by atoms with E-state index in [1.165, 1.54) is 12.8 Å². The third-order valence-electron chi connectivity index (χ3n) is 3.63. The standard InChI is InChI=1S/C12H22N2O3S/c1-18(16,17)9-12(15)14-6-4-11(5-7-14)13-8-10-2-3-10/h10-11,13H,2-9H2,1H3. The number of hydrogen-bond acceptors (Lipinski definition) is 4. The molecule has 0 atom stereocenters. The Morgan fingerprint density at radius 2 is 1.83 bits per heavy atom. The third-order valence-corrected chi connectivity index (χ3v) is 4.40. The Kier molecular flexibility index (Phi) is 4.27. The molecule has 6 heteroatoms. The number of piperidine rings is 1. The molecule has 0 aromatic rings. The Bertz CT molecular complexity index is 396. The second kappa shape index (κ2) is 5.57. The Hall–Kier alpha value is -0.620. The second-order valence-corrected chi connectivity index (χ2v) is 7.72. The van der Waals surface area contributed by atoms with Crippen LogP contribution in [0.25, 0.3) is 0 Å². The lowest BCUT2D eigenvalue weighted by molar-refractivity contribution is -0.129. The summed E-state index contributed by atoms with van der Waals surface area (Å²) in [4.78, 5) is 13.4. The number of nitrogens with one attached hydrogen (secondary N) is 1. The summed E-state index contributed by atoms with van der Waals surface area (Å²) in [5.41, 5.74) is 0. The average molecular weight is 274 g/mol. The van der Waals surface area contributed by atoms with Crippen molar-refractivity contribution in [3.05, 3.63) is 0 Å². The van der Waals surface area contributed by atoms with Crippen LogP contribution in [0.5, 0.6) is 0 Å². The van der Waals surface area contributed by atoms with Gasteiger partial charge in [-0.2, -0.15) is 0 Å². The molecule has 0 aromatic heterocycles. The largest absolute Gasteiger partial charge is 0.342 e. The number of amides is 1. The summed E-state index contributed by atoms with van der Waals surface area (Å²) in [6, 6.07) is 0.493. The first-order chi connectivity index (χ1) is 8.44. The fraction of sp³-hybridized carbons (Fsp3) is 0.917. The highest BCUT2D eigenvalue weighted by Gasteiger charge is 2.26. The van der Waals surface area contributed by atoms with E-state index >= 15 is 0 Å². The summed E-state index contributed by atoms with van der Waals surface area (Å²) in [5, 5.41) is 3.54. The van der Waals surface area contributed by atoms with Gasteiger partial charge in [-0.25, -0.2) is 8.42 Å². The number of rotatable bonds is 5. The molecule has 2 rings (SSSR count). The Labute approximate surface area is 109 Å². The van der Waals surface area contributed by atoms with Crippen molar-refractivity contribution in [1.82, 2.24) is 10.2 Å². The van der Waals surface area contributed by atoms with Gasteiger partial charge in [0.2, 0.25) is 5.91 Å². The molecular formula is C12H22N2O3S. The number of hydrogen-bond donors (Lipinski definition) is 1. The van der Waals surface area contributed by atoms with Crippen molar-refractivity contribution in [3.63, 3.8) is 0 Å². The van der Waals surface area contributed by atoms with E-state index in [0.717, 1.165) is 31.6 Å². The fourth-order valence-corrected chi connectivity index (χ4v) is 2.94. The zero-order valence-corrected chi connectivity index (χ0v) is 11.7. The number of carbonyl (C=O) groups excluding carboxylic acids is 1. The Morgan fingerprint density at radius 3 is 2.33 bits per heavy atom. The van der Waals surface area contributed by atoms with E-state index in [2.05, 4.69) is 5.32 Å². The van der Waals surface area contributed by atoms with Crippen molar-refractivity contribution in [2.24, 2.45) is 5.92 Å². The lowest BCUT2D eigenvalue weighted by atomic mass is 10.0. The minimum Gasteiger partial charge on any atom is -0.342 e. The molecule has 1 saturated heterocycles. The van der Waals surface area contributed by atoms with Crippen molar-refractivity contribution in [2.75, 3.05) is 31.6 Å². The summed E-state index contributed by atoms with van der Waals surface area (Å²) >= 11 is 0. The monoisotopic (exact) mass is 274 g/mol. The van der Waals surface area contributed by atoms with Crippen molar-refractivity contribution in [3.8, 4) is 0 Å². The molecule has 2 fully saturated rings. The summed E-state index contributed by atoms with van der Waals surface area (Å²) in [5.74, 6) is 0.265. The van der Waals surface area contributed by atoms with Gasteiger partial charge in [-0.1, -0.05) is 0 Å². The van der Waals surface area contributed by atoms with Crippen LogP contribution in [0.2, 0.25) is 0 Å². The number of nitrogens with zero attached hydrogens (tertiary/aromatic N) is 1. The molecule has 0 unspecified atom stereocenters. The van der Waals surface area contributed by atoms with Gasteiger partial charge in [0.1, 0.15) is 5.75 Å². The SMILES string of the molecule is CS(=O)(=O)CC(=O)N1CCC(NCC2CC2)CC1. The van der Waals surface area contributed by atoms with Gasteiger partial charge in [-0.05, 0) is 38.1 Å². The van der Waals surface area contributed by atoms with Crippen LogP contribution >= 0.6 is 0 Å². The van der Waals surface area contributed by atoms with Gasteiger partial charge in [-0.3, -0.25) is 4.79 Å². The fourth-order valence-electron chi connectivity index (χ4n) is 2.30. The van der Waals surface area contributed by atoms with Gasteiger partial charge in [0.25, 0.3) is 0 Å². The van der Waals surface area contributed by atoms with Crippen LogP contribution in [0.1, 0.15) is 25.7 Å². The predicted molar refractivity (Wildman–Crippen MR) is 70.0 cm³/mol. The smallest absolute Gasteiger partial charge is 0.237 e. The average Bonchev–Trinajstić information content (AvgIpc) is 3.08. The van der Waals surface area contributed by atoms with Gasteiger partial charge < -0.3 is 10.2 Å². The highest BCUT2D eigenvalue weighted by molar-refractivity contribution is 7.91. The predicted octanol–water partition coefficient (Wildman–Crippen LogP) is 0.0216. The van der Waals surface area contributed by atoms with E-state index in [0.29, 0.717) is 19.1 Å². The molecular weight excluding hydrogens is 252 g/mol. The van der Waals surface area contributed by atoms with Gasteiger partial charge in [0.05, 0.1) is 0 Å². The van der Waals surface area contributed by atoms with E-state index in [-0.39, 0.29) is 11.7 Å². The molecule has 1 heterocycles. The maximum Gasteiger partial charge on any atom is 0.237 e. The van der Waals surface area contributed by atoms with Crippen LogP contribution in [-0.2, 0) is 14.6 Å². The van der Waals surface area contributed by atoms with Crippen molar-refractivity contribution in [1.29, 1.82) is 0 Å². The normalized spacial score (nSPS) is 22.2. The van der Waals surface area contributed by atoms with Crippen LogP contribution in [0.3, 0.4) is 0 Å². The quantitative estimate of drug-likeness (QED) is 0.767. The maximum absolute atomic E-state index is 11.7. The second-order valence-electron chi connectivity index (χ2n) is 5.58. The van der Waals surface area contributed by atoms with Crippen LogP contribution < -0.4 is 5.32 Å². The molecule has 0 aromatic carbocycles. The number of carbonyl (C=O) groups is 1. The summed E-state index contributed by atoms with van der Waals surface area (Å²) in [6.45, 7) is 2.45. The molecule has 1 aliphatic heterocycles. The number of likely N-dealkylation sites (tertiary alicyclic amines) is 1. The highest BCUT2D eigenvalue weighted by Crippen LogP contribution is 2.28. The van der Waals surface area contributed by atoms with Crippen LogP contribution in [0.15, 0.2) is 0 Å². The molecule has 0 bridgehead atoms. The minimum atomic E-state index is -3.21. The van der Waals surface area contributed by atoms with E-state index in [4.69, 9.17) is 0 Å². The topological polar surface area (TPSA) is 66.5 Å². The molecule has 104 valence electrons. The van der Waals surface area contributed by atoms with Crippen molar-refractivity contribution < 1.29 is 13.2 Å². The van der Waals surface area contributed by atoms with Crippen molar-refractivity contribution >= 4 is 15.7 Å². The van der Waals surface area contributed by atoms with Gasteiger partial charge in [0, 0.05) is 25.4 Å².